The Labute approximate surface area is 122 Å². The maximum Gasteiger partial charge on any atom is 0.273 e. The molecule has 0 bridgehead atoms. The number of pyridine rings is 1. The summed E-state index contributed by atoms with van der Waals surface area (Å²) in [5, 5.41) is 2.95. The molecule has 0 aliphatic carbocycles. The van der Waals surface area contributed by atoms with E-state index in [0.717, 1.165) is 0 Å². The lowest BCUT2D eigenvalue weighted by molar-refractivity contribution is -0.130. The molecule has 1 unspecified atom stereocenters. The van der Waals surface area contributed by atoms with Crippen LogP contribution in [0, 0.1) is 0 Å². The van der Waals surface area contributed by atoms with Gasteiger partial charge in [-0.3, -0.25) is 9.59 Å². The van der Waals surface area contributed by atoms with Gasteiger partial charge in [0.25, 0.3) is 5.91 Å². The van der Waals surface area contributed by atoms with Gasteiger partial charge in [0.1, 0.15) is 16.9 Å². The quantitative estimate of drug-likeness (QED) is 0.834. The normalized spacial score (nSPS) is 18.7. The number of carbonyl (C=O) groups excluding carboxylic acids is 2. The zero-order valence-electron chi connectivity index (χ0n) is 11.1. The minimum Gasteiger partial charge on any atom is -0.377 e. The van der Waals surface area contributed by atoms with Crippen LogP contribution in [0.3, 0.4) is 0 Å². The van der Waals surface area contributed by atoms with Crippen LogP contribution in [0.15, 0.2) is 18.2 Å². The highest BCUT2D eigenvalue weighted by molar-refractivity contribution is 6.29. The second kappa shape index (κ2) is 6.67. The van der Waals surface area contributed by atoms with Crippen molar-refractivity contribution in [3.05, 3.63) is 29.0 Å². The highest BCUT2D eigenvalue weighted by Gasteiger charge is 2.33. The number of nitrogens with one attached hydrogen (secondary N) is 1. The van der Waals surface area contributed by atoms with Crippen molar-refractivity contribution < 1.29 is 14.3 Å². The van der Waals surface area contributed by atoms with Gasteiger partial charge in [-0.2, -0.15) is 0 Å². The van der Waals surface area contributed by atoms with Crippen LogP contribution >= 0.6 is 11.6 Å². The second-order valence-corrected chi connectivity index (χ2v) is 4.72. The lowest BCUT2D eigenvalue weighted by Gasteiger charge is -2.34. The van der Waals surface area contributed by atoms with Gasteiger partial charge in [-0.25, -0.2) is 4.98 Å². The average Bonchev–Trinajstić information content (AvgIpc) is 2.47. The molecule has 0 saturated carbocycles. The molecule has 1 fully saturated rings. The van der Waals surface area contributed by atoms with Crippen LogP contribution in [0.25, 0.3) is 0 Å². The summed E-state index contributed by atoms with van der Waals surface area (Å²) in [7, 11) is 0. The Morgan fingerprint density at radius 3 is 3.05 bits per heavy atom. The Kier molecular flexibility index (Phi) is 4.92. The van der Waals surface area contributed by atoms with Crippen molar-refractivity contribution in [3.8, 4) is 0 Å². The fraction of sp³-hybridized carbons (Fsp3) is 0.462. The van der Waals surface area contributed by atoms with E-state index in [1.54, 1.807) is 18.2 Å². The Morgan fingerprint density at radius 2 is 2.35 bits per heavy atom. The van der Waals surface area contributed by atoms with E-state index in [0.29, 0.717) is 19.7 Å². The van der Waals surface area contributed by atoms with Gasteiger partial charge in [-0.05, 0) is 19.1 Å². The lowest BCUT2D eigenvalue weighted by atomic mass is 10.2. The summed E-state index contributed by atoms with van der Waals surface area (Å²) in [5.74, 6) is -0.533. The molecule has 7 heteroatoms. The molecular weight excluding hydrogens is 282 g/mol. The second-order valence-electron chi connectivity index (χ2n) is 4.33. The summed E-state index contributed by atoms with van der Waals surface area (Å²) in [6.45, 7) is 3.29. The van der Waals surface area contributed by atoms with E-state index in [-0.39, 0.29) is 29.3 Å². The highest BCUT2D eigenvalue weighted by Crippen LogP contribution is 2.13. The van der Waals surface area contributed by atoms with Crippen molar-refractivity contribution in [3.63, 3.8) is 0 Å². The predicted molar refractivity (Wildman–Crippen MR) is 73.6 cm³/mol. The number of amides is 2. The van der Waals surface area contributed by atoms with Gasteiger partial charge in [0, 0.05) is 13.1 Å². The molecule has 1 aromatic heterocycles. The lowest BCUT2D eigenvalue weighted by Crippen LogP contribution is -2.56. The van der Waals surface area contributed by atoms with E-state index in [2.05, 4.69) is 10.3 Å². The fourth-order valence-electron chi connectivity index (χ4n) is 2.03. The van der Waals surface area contributed by atoms with Crippen LogP contribution in [-0.4, -0.2) is 54.0 Å². The molecule has 1 aliphatic rings. The third kappa shape index (κ3) is 3.26. The Balaban J connectivity index is 2.19. The molecule has 0 aromatic carbocycles. The topological polar surface area (TPSA) is 71.5 Å². The van der Waals surface area contributed by atoms with Crippen molar-refractivity contribution in [1.29, 1.82) is 0 Å². The first kappa shape index (κ1) is 14.7. The Hall–Kier alpha value is -1.66. The fourth-order valence-corrected chi connectivity index (χ4v) is 2.19. The Bertz CT molecular complexity index is 509. The molecular formula is C13H16ClN3O3. The van der Waals surface area contributed by atoms with Crippen molar-refractivity contribution in [2.24, 2.45) is 0 Å². The van der Waals surface area contributed by atoms with E-state index >= 15 is 0 Å². The maximum atomic E-state index is 12.4. The number of nitrogens with zero attached hydrogens (tertiary/aromatic N) is 2. The number of ether oxygens (including phenoxy) is 1. The molecule has 0 spiro atoms. The standard InChI is InChI=1S/C13H16ClN3O3/c1-2-15-12(18)10-8-20-7-6-17(10)13(19)9-4-3-5-11(14)16-9/h3-5,10H,2,6-8H2,1H3,(H,15,18). The van der Waals surface area contributed by atoms with Crippen LogP contribution in [-0.2, 0) is 9.53 Å². The molecule has 1 N–H and O–H groups in total. The van der Waals surface area contributed by atoms with Crippen LogP contribution in [0.4, 0.5) is 0 Å². The van der Waals surface area contributed by atoms with E-state index in [1.807, 2.05) is 6.92 Å². The van der Waals surface area contributed by atoms with Crippen LogP contribution in [0.1, 0.15) is 17.4 Å². The van der Waals surface area contributed by atoms with E-state index in [4.69, 9.17) is 16.3 Å². The van der Waals surface area contributed by atoms with E-state index < -0.39 is 6.04 Å². The number of likely N-dealkylation sites (N-methyl/N-ethyl adjacent to an activating group) is 1. The monoisotopic (exact) mass is 297 g/mol. The maximum absolute atomic E-state index is 12.4. The number of hydrogen-bond acceptors (Lipinski definition) is 4. The predicted octanol–water partition coefficient (Wildman–Crippen LogP) is 0.712. The molecule has 2 heterocycles. The van der Waals surface area contributed by atoms with Crippen molar-refractivity contribution in [1.82, 2.24) is 15.2 Å². The van der Waals surface area contributed by atoms with Gasteiger partial charge >= 0.3 is 0 Å². The summed E-state index contributed by atoms with van der Waals surface area (Å²) in [6.07, 6.45) is 0. The van der Waals surface area contributed by atoms with E-state index in [1.165, 1.54) is 4.90 Å². The minimum absolute atomic E-state index is 0.193. The third-order valence-corrected chi connectivity index (χ3v) is 3.19. The molecule has 108 valence electrons. The zero-order valence-corrected chi connectivity index (χ0v) is 11.9. The Morgan fingerprint density at radius 1 is 1.55 bits per heavy atom. The molecule has 0 radical (unpaired) electrons. The molecule has 6 nitrogen and oxygen atoms in total. The summed E-state index contributed by atoms with van der Waals surface area (Å²) in [4.78, 5) is 29.9. The molecule has 1 atom stereocenters. The molecule has 1 aromatic rings. The van der Waals surface area contributed by atoms with Gasteiger partial charge in [-0.15, -0.1) is 0 Å². The number of hydrogen-bond donors (Lipinski definition) is 1. The average molecular weight is 298 g/mol. The molecule has 1 saturated heterocycles. The molecule has 2 amide bonds. The minimum atomic E-state index is -0.628. The summed E-state index contributed by atoms with van der Waals surface area (Å²) in [5.41, 5.74) is 0.230. The first-order valence-corrected chi connectivity index (χ1v) is 6.80. The van der Waals surface area contributed by atoms with Crippen LogP contribution in [0.2, 0.25) is 5.15 Å². The molecule has 1 aliphatic heterocycles. The van der Waals surface area contributed by atoms with Gasteiger partial charge < -0.3 is 15.0 Å². The summed E-state index contributed by atoms with van der Waals surface area (Å²) < 4.78 is 5.29. The SMILES string of the molecule is CCNC(=O)C1COCCN1C(=O)c1cccc(Cl)n1. The van der Waals surface area contributed by atoms with Crippen molar-refractivity contribution in [2.75, 3.05) is 26.3 Å². The van der Waals surface area contributed by atoms with E-state index in [9.17, 15) is 9.59 Å². The van der Waals surface area contributed by atoms with Gasteiger partial charge in [0.05, 0.1) is 13.2 Å². The van der Waals surface area contributed by atoms with Gasteiger partial charge in [0.2, 0.25) is 5.91 Å². The smallest absolute Gasteiger partial charge is 0.273 e. The number of aromatic nitrogens is 1. The number of rotatable bonds is 3. The van der Waals surface area contributed by atoms with Crippen molar-refractivity contribution in [2.45, 2.75) is 13.0 Å². The van der Waals surface area contributed by atoms with Gasteiger partial charge in [-0.1, -0.05) is 17.7 Å². The number of morpholine rings is 1. The largest absolute Gasteiger partial charge is 0.377 e. The van der Waals surface area contributed by atoms with Crippen molar-refractivity contribution >= 4 is 23.4 Å². The zero-order chi connectivity index (χ0) is 14.5. The first-order valence-electron chi connectivity index (χ1n) is 6.42. The van der Waals surface area contributed by atoms with Gasteiger partial charge in [0.15, 0.2) is 0 Å². The summed E-state index contributed by atoms with van der Waals surface area (Å²) >= 11 is 5.79. The highest BCUT2D eigenvalue weighted by atomic mass is 35.5. The third-order valence-electron chi connectivity index (χ3n) is 2.98. The molecule has 20 heavy (non-hydrogen) atoms. The molecule has 2 rings (SSSR count). The number of carbonyl (C=O) groups is 2. The number of halogens is 1. The van der Waals surface area contributed by atoms with Crippen LogP contribution in [0.5, 0.6) is 0 Å². The first-order chi connectivity index (χ1) is 9.63. The van der Waals surface area contributed by atoms with Crippen LogP contribution < -0.4 is 5.32 Å². The summed E-state index contributed by atoms with van der Waals surface area (Å²) in [6, 6.07) is 4.21.